The summed E-state index contributed by atoms with van der Waals surface area (Å²) < 4.78 is 5.95. The number of piperidine rings is 1. The lowest BCUT2D eigenvalue weighted by atomic mass is 9.72. The first-order valence-electron chi connectivity index (χ1n) is 8.70. The predicted octanol–water partition coefficient (Wildman–Crippen LogP) is 2.54. The molecule has 1 fully saturated rings. The van der Waals surface area contributed by atoms with Gasteiger partial charge in [0.2, 0.25) is 5.91 Å². The Bertz CT molecular complexity index is 580. The summed E-state index contributed by atoms with van der Waals surface area (Å²) in [5.41, 5.74) is 12.7. The predicted molar refractivity (Wildman–Crippen MR) is 97.4 cm³/mol. The van der Waals surface area contributed by atoms with Crippen molar-refractivity contribution in [3.8, 4) is 5.75 Å². The molecule has 0 spiro atoms. The van der Waals surface area contributed by atoms with Gasteiger partial charge in [-0.2, -0.15) is 0 Å². The minimum atomic E-state index is -0.400. The first kappa shape index (κ1) is 18.7. The third-order valence-electron chi connectivity index (χ3n) is 4.54. The van der Waals surface area contributed by atoms with Crippen LogP contribution < -0.4 is 21.5 Å². The molecule has 1 amide bonds. The molecule has 24 heavy (non-hydrogen) atoms. The minimum absolute atomic E-state index is 0.0221. The van der Waals surface area contributed by atoms with Crippen LogP contribution in [0.15, 0.2) is 18.2 Å². The van der Waals surface area contributed by atoms with Crippen molar-refractivity contribution in [1.82, 2.24) is 5.32 Å². The van der Waals surface area contributed by atoms with Crippen LogP contribution in [0.1, 0.15) is 68.8 Å². The number of ether oxygens (including phenoxy) is 1. The molecule has 5 N–H and O–H groups in total. The lowest BCUT2D eigenvalue weighted by Gasteiger charge is -2.47. The van der Waals surface area contributed by atoms with Gasteiger partial charge in [0, 0.05) is 22.2 Å². The summed E-state index contributed by atoms with van der Waals surface area (Å²) in [4.78, 5) is 12.0. The van der Waals surface area contributed by atoms with E-state index in [1.165, 1.54) is 0 Å². The molecule has 0 aliphatic carbocycles. The third kappa shape index (κ3) is 4.48. The molecule has 2 rings (SSSR count). The van der Waals surface area contributed by atoms with Gasteiger partial charge >= 0.3 is 0 Å². The monoisotopic (exact) mass is 333 g/mol. The summed E-state index contributed by atoms with van der Waals surface area (Å²) in [7, 11) is 0. The Morgan fingerprint density at radius 2 is 1.88 bits per heavy atom. The zero-order valence-corrected chi connectivity index (χ0v) is 15.3. The second kappa shape index (κ2) is 7.11. The van der Waals surface area contributed by atoms with Crippen molar-refractivity contribution in [1.29, 1.82) is 0 Å². The average molecular weight is 333 g/mol. The third-order valence-corrected chi connectivity index (χ3v) is 4.54. The van der Waals surface area contributed by atoms with Crippen LogP contribution in [0.2, 0.25) is 0 Å². The molecular formula is C19H31N3O2. The van der Waals surface area contributed by atoms with Crippen molar-refractivity contribution in [3.63, 3.8) is 0 Å². The lowest BCUT2D eigenvalue weighted by Crippen LogP contribution is -2.57. The van der Waals surface area contributed by atoms with Gasteiger partial charge in [0.15, 0.2) is 0 Å². The van der Waals surface area contributed by atoms with Crippen LogP contribution in [-0.4, -0.2) is 30.1 Å². The Morgan fingerprint density at radius 3 is 2.42 bits per heavy atom. The summed E-state index contributed by atoms with van der Waals surface area (Å²) in [6.45, 7) is 9.92. The van der Waals surface area contributed by atoms with Gasteiger partial charge in [-0.05, 0) is 71.6 Å². The standard InChI is InChI=1S/C19H31N3O2/c1-18(2)11-13(12-19(3,4)22-18)16-14(17(21)23)7-5-8-15(16)24-10-6-9-20/h5,7-8,13,22H,6,9-12,20H2,1-4H3,(H2,21,23). The van der Waals surface area contributed by atoms with Crippen molar-refractivity contribution in [2.24, 2.45) is 11.5 Å². The van der Waals surface area contributed by atoms with Gasteiger partial charge in [-0.25, -0.2) is 0 Å². The maximum Gasteiger partial charge on any atom is 0.249 e. The molecule has 1 aliphatic rings. The number of carbonyl (C=O) groups is 1. The number of amides is 1. The van der Waals surface area contributed by atoms with E-state index in [0.29, 0.717) is 18.7 Å². The smallest absolute Gasteiger partial charge is 0.249 e. The number of rotatable bonds is 6. The molecule has 0 unspecified atom stereocenters. The van der Waals surface area contributed by atoms with E-state index >= 15 is 0 Å². The molecule has 0 saturated carbocycles. The highest BCUT2D eigenvalue weighted by molar-refractivity contribution is 5.95. The number of hydrogen-bond acceptors (Lipinski definition) is 4. The summed E-state index contributed by atoms with van der Waals surface area (Å²) in [5, 5.41) is 3.68. The van der Waals surface area contributed by atoms with Gasteiger partial charge in [-0.3, -0.25) is 4.79 Å². The van der Waals surface area contributed by atoms with Gasteiger partial charge < -0.3 is 21.5 Å². The van der Waals surface area contributed by atoms with Crippen molar-refractivity contribution < 1.29 is 9.53 Å². The highest BCUT2D eigenvalue weighted by Gasteiger charge is 2.40. The van der Waals surface area contributed by atoms with E-state index in [9.17, 15) is 4.79 Å². The number of hydrogen-bond donors (Lipinski definition) is 3. The van der Waals surface area contributed by atoms with Crippen molar-refractivity contribution >= 4 is 5.91 Å². The van der Waals surface area contributed by atoms with Gasteiger partial charge in [-0.1, -0.05) is 6.07 Å². The highest BCUT2D eigenvalue weighted by Crippen LogP contribution is 2.43. The normalized spacial score (nSPS) is 19.9. The molecule has 134 valence electrons. The van der Waals surface area contributed by atoms with E-state index < -0.39 is 5.91 Å². The van der Waals surface area contributed by atoms with Gasteiger partial charge in [0.25, 0.3) is 0 Å². The molecule has 5 heteroatoms. The number of primary amides is 1. The van der Waals surface area contributed by atoms with Crippen LogP contribution in [0.3, 0.4) is 0 Å². The van der Waals surface area contributed by atoms with E-state index in [-0.39, 0.29) is 17.0 Å². The molecule has 0 atom stereocenters. The van der Waals surface area contributed by atoms with Gasteiger partial charge in [0.1, 0.15) is 5.75 Å². The van der Waals surface area contributed by atoms with E-state index in [0.717, 1.165) is 30.6 Å². The molecular weight excluding hydrogens is 302 g/mol. The largest absolute Gasteiger partial charge is 0.493 e. The van der Waals surface area contributed by atoms with Crippen LogP contribution in [0.25, 0.3) is 0 Å². The van der Waals surface area contributed by atoms with Crippen molar-refractivity contribution in [2.45, 2.75) is 64.0 Å². The Kier molecular flexibility index (Phi) is 5.56. The fourth-order valence-corrected chi connectivity index (χ4v) is 4.10. The van der Waals surface area contributed by atoms with Crippen LogP contribution in [0.5, 0.6) is 5.75 Å². The second-order valence-corrected chi connectivity index (χ2v) is 8.07. The van der Waals surface area contributed by atoms with E-state index in [1.54, 1.807) is 6.07 Å². The summed E-state index contributed by atoms with van der Waals surface area (Å²) in [6.07, 6.45) is 2.63. The molecule has 5 nitrogen and oxygen atoms in total. The quantitative estimate of drug-likeness (QED) is 0.698. The van der Waals surface area contributed by atoms with Crippen LogP contribution in [0, 0.1) is 0 Å². The maximum absolute atomic E-state index is 12.0. The first-order chi connectivity index (χ1) is 11.2. The van der Waals surface area contributed by atoms with Crippen LogP contribution >= 0.6 is 0 Å². The Labute approximate surface area is 145 Å². The SMILES string of the molecule is CC1(C)CC(c2c(OCCCN)cccc2C(N)=O)CC(C)(C)N1. The fraction of sp³-hybridized carbons (Fsp3) is 0.632. The van der Waals surface area contributed by atoms with Crippen LogP contribution in [0.4, 0.5) is 0 Å². The number of benzene rings is 1. The van der Waals surface area contributed by atoms with Gasteiger partial charge in [-0.15, -0.1) is 0 Å². The molecule has 1 saturated heterocycles. The second-order valence-electron chi connectivity index (χ2n) is 8.07. The summed E-state index contributed by atoms with van der Waals surface area (Å²) in [6, 6.07) is 5.56. The van der Waals surface area contributed by atoms with Crippen molar-refractivity contribution in [3.05, 3.63) is 29.3 Å². The van der Waals surface area contributed by atoms with Crippen LogP contribution in [-0.2, 0) is 0 Å². The maximum atomic E-state index is 12.0. The van der Waals surface area contributed by atoms with E-state index in [1.807, 2.05) is 12.1 Å². The Balaban J connectivity index is 2.43. The summed E-state index contributed by atoms with van der Waals surface area (Å²) >= 11 is 0. The Morgan fingerprint density at radius 1 is 1.25 bits per heavy atom. The molecule has 1 aromatic carbocycles. The van der Waals surface area contributed by atoms with Crippen molar-refractivity contribution in [2.75, 3.05) is 13.2 Å². The molecule has 1 heterocycles. The van der Waals surface area contributed by atoms with Gasteiger partial charge in [0.05, 0.1) is 6.61 Å². The Hall–Kier alpha value is -1.59. The number of carbonyl (C=O) groups excluding carboxylic acids is 1. The van der Waals surface area contributed by atoms with E-state index in [4.69, 9.17) is 16.2 Å². The average Bonchev–Trinajstić information content (AvgIpc) is 2.43. The molecule has 0 aromatic heterocycles. The zero-order valence-electron chi connectivity index (χ0n) is 15.3. The lowest BCUT2D eigenvalue weighted by molar-refractivity contribution is 0.0994. The topological polar surface area (TPSA) is 90.4 Å². The molecule has 0 bridgehead atoms. The molecule has 1 aromatic rings. The van der Waals surface area contributed by atoms with E-state index in [2.05, 4.69) is 33.0 Å². The summed E-state index contributed by atoms with van der Waals surface area (Å²) in [5.74, 6) is 0.578. The molecule has 0 radical (unpaired) electrons. The molecule has 1 aliphatic heterocycles. The highest BCUT2D eigenvalue weighted by atomic mass is 16.5. The first-order valence-corrected chi connectivity index (χ1v) is 8.70. The zero-order chi connectivity index (χ0) is 18.0. The number of nitrogens with one attached hydrogen (secondary N) is 1. The fourth-order valence-electron chi connectivity index (χ4n) is 4.10. The minimum Gasteiger partial charge on any atom is -0.493 e. The number of nitrogens with two attached hydrogens (primary N) is 2.